The minimum absolute atomic E-state index is 0.0393. The van der Waals surface area contributed by atoms with E-state index in [1.165, 1.54) is 0 Å². The number of aliphatic carboxylic acids is 1. The van der Waals surface area contributed by atoms with Gasteiger partial charge in [-0.25, -0.2) is 0 Å². The summed E-state index contributed by atoms with van der Waals surface area (Å²) in [5, 5.41) is 8.70. The highest BCUT2D eigenvalue weighted by Crippen LogP contribution is 2.15. The van der Waals surface area contributed by atoms with Crippen molar-refractivity contribution >= 4 is 11.9 Å². The monoisotopic (exact) mass is 255 g/mol. The van der Waals surface area contributed by atoms with Gasteiger partial charge in [-0.05, 0) is 11.5 Å². The summed E-state index contributed by atoms with van der Waals surface area (Å²) >= 11 is 0. The van der Waals surface area contributed by atoms with Crippen LogP contribution in [0.2, 0.25) is 0 Å². The van der Waals surface area contributed by atoms with E-state index in [4.69, 9.17) is 9.84 Å². The third-order valence-corrected chi connectivity index (χ3v) is 2.58. The number of nitrogens with zero attached hydrogens (tertiary/aromatic N) is 1. The maximum atomic E-state index is 11.9. The Balaban J connectivity index is 2.53. The zero-order valence-corrected chi connectivity index (χ0v) is 11.2. The Kier molecular flexibility index (Phi) is 4.90. The topological polar surface area (TPSA) is 66.8 Å². The molecule has 5 heteroatoms. The molecule has 5 nitrogen and oxygen atoms in total. The van der Waals surface area contributed by atoms with Crippen LogP contribution in [0.5, 0.6) is 0 Å². The van der Waals surface area contributed by atoms with Crippen LogP contribution in [0.25, 0.3) is 0 Å². The largest absolute Gasteiger partial charge is 0.481 e. The summed E-state index contributed by atoms with van der Waals surface area (Å²) in [6.07, 6.45) is 2.95. The van der Waals surface area contributed by atoms with Crippen molar-refractivity contribution in [2.24, 2.45) is 5.41 Å². The third-order valence-electron chi connectivity index (χ3n) is 2.58. The molecule has 1 aliphatic heterocycles. The van der Waals surface area contributed by atoms with Gasteiger partial charge in [0, 0.05) is 13.1 Å². The van der Waals surface area contributed by atoms with Crippen LogP contribution in [0.3, 0.4) is 0 Å². The maximum Gasteiger partial charge on any atom is 0.306 e. The van der Waals surface area contributed by atoms with Crippen LogP contribution < -0.4 is 0 Å². The number of hydrogen-bond acceptors (Lipinski definition) is 3. The van der Waals surface area contributed by atoms with Crippen molar-refractivity contribution in [3.05, 3.63) is 12.2 Å². The molecule has 0 radical (unpaired) electrons. The summed E-state index contributed by atoms with van der Waals surface area (Å²) in [4.78, 5) is 24.2. The average Bonchev–Trinajstić information content (AvgIpc) is 2.24. The molecule has 1 aliphatic rings. The van der Waals surface area contributed by atoms with Gasteiger partial charge in [-0.3, -0.25) is 9.59 Å². The Morgan fingerprint density at radius 3 is 2.67 bits per heavy atom. The van der Waals surface area contributed by atoms with Gasteiger partial charge in [-0.15, -0.1) is 0 Å². The lowest BCUT2D eigenvalue weighted by atomic mass is 9.96. The molecule has 102 valence electrons. The molecule has 0 saturated carbocycles. The van der Waals surface area contributed by atoms with E-state index in [9.17, 15) is 9.59 Å². The van der Waals surface area contributed by atoms with E-state index in [-0.39, 0.29) is 17.7 Å². The first-order valence-corrected chi connectivity index (χ1v) is 6.09. The van der Waals surface area contributed by atoms with Crippen molar-refractivity contribution in [2.75, 3.05) is 19.7 Å². The summed E-state index contributed by atoms with van der Waals surface area (Å²) in [6, 6.07) is 0. The Morgan fingerprint density at radius 1 is 1.44 bits per heavy atom. The van der Waals surface area contributed by atoms with E-state index in [1.807, 2.05) is 26.8 Å². The number of carboxylic acid groups (broad SMARTS) is 1. The normalized spacial score (nSPS) is 21.3. The van der Waals surface area contributed by atoms with Crippen LogP contribution >= 0.6 is 0 Å². The SMILES string of the molecule is CC(C)(C)C=CC(=O)N1CCOC(CC(=O)O)C1. The Labute approximate surface area is 107 Å². The van der Waals surface area contributed by atoms with E-state index in [0.29, 0.717) is 19.7 Å². The summed E-state index contributed by atoms with van der Waals surface area (Å²) in [5.74, 6) is -0.983. The van der Waals surface area contributed by atoms with E-state index in [2.05, 4.69) is 0 Å². The van der Waals surface area contributed by atoms with E-state index in [0.717, 1.165) is 0 Å². The summed E-state index contributed by atoms with van der Waals surface area (Å²) in [5.41, 5.74) is -0.0393. The number of hydrogen-bond donors (Lipinski definition) is 1. The molecule has 1 N–H and O–H groups in total. The Bertz CT molecular complexity index is 343. The highest BCUT2D eigenvalue weighted by Gasteiger charge is 2.24. The standard InChI is InChI=1S/C13H21NO4/c1-13(2,3)5-4-11(15)14-6-7-18-10(9-14)8-12(16)17/h4-5,10H,6-9H2,1-3H3,(H,16,17). The lowest BCUT2D eigenvalue weighted by Crippen LogP contribution is -2.45. The predicted molar refractivity (Wildman–Crippen MR) is 67.2 cm³/mol. The molecule has 1 amide bonds. The van der Waals surface area contributed by atoms with Gasteiger partial charge < -0.3 is 14.7 Å². The van der Waals surface area contributed by atoms with Gasteiger partial charge in [0.25, 0.3) is 0 Å². The number of amides is 1. The van der Waals surface area contributed by atoms with Crippen molar-refractivity contribution in [2.45, 2.75) is 33.3 Å². The van der Waals surface area contributed by atoms with Crippen LogP contribution in [-0.2, 0) is 14.3 Å². The minimum atomic E-state index is -0.903. The summed E-state index contributed by atoms with van der Waals surface area (Å²) in [7, 11) is 0. The number of rotatable bonds is 3. The molecule has 1 unspecified atom stereocenters. The molecule has 0 aliphatic carbocycles. The van der Waals surface area contributed by atoms with Gasteiger partial charge in [-0.2, -0.15) is 0 Å². The van der Waals surface area contributed by atoms with Gasteiger partial charge in [0.1, 0.15) is 0 Å². The maximum absolute atomic E-state index is 11.9. The van der Waals surface area contributed by atoms with E-state index < -0.39 is 12.1 Å². The van der Waals surface area contributed by atoms with Gasteiger partial charge >= 0.3 is 5.97 Å². The molecule has 1 heterocycles. The second-order valence-corrected chi connectivity index (χ2v) is 5.57. The van der Waals surface area contributed by atoms with Crippen molar-refractivity contribution in [1.82, 2.24) is 4.90 Å². The van der Waals surface area contributed by atoms with Crippen LogP contribution in [0.1, 0.15) is 27.2 Å². The highest BCUT2D eigenvalue weighted by molar-refractivity contribution is 5.87. The summed E-state index contributed by atoms with van der Waals surface area (Å²) < 4.78 is 5.32. The zero-order chi connectivity index (χ0) is 13.8. The smallest absolute Gasteiger partial charge is 0.306 e. The van der Waals surface area contributed by atoms with E-state index in [1.54, 1.807) is 11.0 Å². The number of carbonyl (C=O) groups excluding carboxylic acids is 1. The highest BCUT2D eigenvalue weighted by atomic mass is 16.5. The third kappa shape index (κ3) is 5.31. The molecule has 0 aromatic rings. The fraction of sp³-hybridized carbons (Fsp3) is 0.692. The van der Waals surface area contributed by atoms with Gasteiger partial charge in [0.05, 0.1) is 19.1 Å². The first kappa shape index (κ1) is 14.7. The molecule has 0 spiro atoms. The molecule has 0 aromatic heterocycles. The Hall–Kier alpha value is -1.36. The number of ether oxygens (including phenoxy) is 1. The fourth-order valence-electron chi connectivity index (χ4n) is 1.66. The molecule has 1 fully saturated rings. The van der Waals surface area contributed by atoms with Crippen molar-refractivity contribution in [3.8, 4) is 0 Å². The van der Waals surface area contributed by atoms with Crippen molar-refractivity contribution in [1.29, 1.82) is 0 Å². The lowest BCUT2D eigenvalue weighted by molar-refractivity contribution is -0.145. The molecular weight excluding hydrogens is 234 g/mol. The first-order chi connectivity index (χ1) is 8.28. The van der Waals surface area contributed by atoms with E-state index >= 15 is 0 Å². The molecular formula is C13H21NO4. The molecule has 0 aromatic carbocycles. The quantitative estimate of drug-likeness (QED) is 0.772. The molecule has 1 rings (SSSR count). The minimum Gasteiger partial charge on any atom is -0.481 e. The molecule has 0 bridgehead atoms. The van der Waals surface area contributed by atoms with Gasteiger partial charge in [0.15, 0.2) is 0 Å². The van der Waals surface area contributed by atoms with Crippen molar-refractivity contribution < 1.29 is 19.4 Å². The van der Waals surface area contributed by atoms with Gasteiger partial charge in [-0.1, -0.05) is 26.8 Å². The second-order valence-electron chi connectivity index (χ2n) is 5.57. The Morgan fingerprint density at radius 2 is 2.11 bits per heavy atom. The molecule has 1 atom stereocenters. The van der Waals surface area contributed by atoms with Crippen LogP contribution in [0, 0.1) is 5.41 Å². The number of carboxylic acids is 1. The van der Waals surface area contributed by atoms with Crippen LogP contribution in [-0.4, -0.2) is 47.7 Å². The van der Waals surface area contributed by atoms with Gasteiger partial charge in [0.2, 0.25) is 5.91 Å². The predicted octanol–water partition coefficient (Wildman–Crippen LogP) is 1.29. The second kappa shape index (κ2) is 6.00. The average molecular weight is 255 g/mol. The number of morpholine rings is 1. The van der Waals surface area contributed by atoms with Crippen LogP contribution in [0.15, 0.2) is 12.2 Å². The van der Waals surface area contributed by atoms with Crippen molar-refractivity contribution in [3.63, 3.8) is 0 Å². The fourth-order valence-corrected chi connectivity index (χ4v) is 1.66. The first-order valence-electron chi connectivity index (χ1n) is 6.09. The molecule has 1 saturated heterocycles. The lowest BCUT2D eigenvalue weighted by Gasteiger charge is -2.31. The molecule has 18 heavy (non-hydrogen) atoms. The zero-order valence-electron chi connectivity index (χ0n) is 11.2. The number of allylic oxidation sites excluding steroid dienone is 1. The van der Waals surface area contributed by atoms with Crippen LogP contribution in [0.4, 0.5) is 0 Å². The summed E-state index contributed by atoms with van der Waals surface area (Å²) in [6.45, 7) is 7.31. The number of carbonyl (C=O) groups is 2.